The van der Waals surface area contributed by atoms with E-state index in [-0.39, 0.29) is 17.4 Å². The van der Waals surface area contributed by atoms with E-state index < -0.39 is 12.0 Å². The van der Waals surface area contributed by atoms with Gasteiger partial charge in [0.15, 0.2) is 0 Å². The zero-order valence-corrected chi connectivity index (χ0v) is 11.0. The molecule has 0 unspecified atom stereocenters. The van der Waals surface area contributed by atoms with E-state index in [2.05, 4.69) is 20.4 Å². The summed E-state index contributed by atoms with van der Waals surface area (Å²) in [6.45, 7) is 2.48. The molecule has 2 aromatic heterocycles. The zero-order chi connectivity index (χ0) is 14.8. The van der Waals surface area contributed by atoms with Crippen molar-refractivity contribution in [2.45, 2.75) is 0 Å². The predicted octanol–water partition coefficient (Wildman–Crippen LogP) is 0.492. The van der Waals surface area contributed by atoms with Crippen molar-refractivity contribution in [3.63, 3.8) is 0 Å². The van der Waals surface area contributed by atoms with Crippen LogP contribution in [0.5, 0.6) is 0 Å². The second-order valence-electron chi connectivity index (χ2n) is 4.49. The third kappa shape index (κ3) is 2.72. The predicted molar refractivity (Wildman–Crippen MR) is 68.4 cm³/mol. The number of nitrogens with zero attached hydrogens (tertiary/aromatic N) is 5. The first-order valence-electron chi connectivity index (χ1n) is 6.39. The molecule has 1 saturated heterocycles. The molecular weight excluding hydrogens is 282 g/mol. The summed E-state index contributed by atoms with van der Waals surface area (Å²) >= 11 is 0. The molecule has 0 aliphatic carbocycles. The minimum Gasteiger partial charge on any atom is -0.320 e. The average molecular weight is 294 g/mol. The van der Waals surface area contributed by atoms with E-state index in [1.165, 1.54) is 12.3 Å². The number of hydrogen-bond acceptors (Lipinski definition) is 5. The van der Waals surface area contributed by atoms with Crippen LogP contribution in [0.2, 0.25) is 0 Å². The van der Waals surface area contributed by atoms with Gasteiger partial charge in [-0.15, -0.1) is 0 Å². The number of aromatic nitrogens is 4. The van der Waals surface area contributed by atoms with Crippen molar-refractivity contribution in [2.24, 2.45) is 0 Å². The highest BCUT2D eigenvalue weighted by atomic mass is 19.1. The fraction of sp³-hybridized carbons (Fsp3) is 0.333. The molecule has 0 bridgehead atoms. The third-order valence-electron chi connectivity index (χ3n) is 3.14. The Kier molecular flexibility index (Phi) is 3.57. The van der Waals surface area contributed by atoms with E-state index >= 15 is 0 Å². The topological polar surface area (TPSA) is 75.9 Å². The van der Waals surface area contributed by atoms with E-state index in [1.807, 2.05) is 0 Å². The molecule has 7 nitrogen and oxygen atoms in total. The second kappa shape index (κ2) is 5.52. The highest BCUT2D eigenvalue weighted by Crippen LogP contribution is 2.18. The fourth-order valence-corrected chi connectivity index (χ4v) is 2.16. The lowest BCUT2D eigenvalue weighted by molar-refractivity contribution is 0.189. The van der Waals surface area contributed by atoms with Crippen LogP contribution in [0.25, 0.3) is 11.4 Å². The van der Waals surface area contributed by atoms with Crippen LogP contribution >= 0.6 is 0 Å². The molecule has 110 valence electrons. The van der Waals surface area contributed by atoms with Crippen LogP contribution in [-0.4, -0.2) is 56.9 Å². The van der Waals surface area contributed by atoms with E-state index in [0.29, 0.717) is 26.2 Å². The normalized spacial score (nSPS) is 15.2. The van der Waals surface area contributed by atoms with Crippen LogP contribution < -0.4 is 5.32 Å². The molecule has 3 heterocycles. The summed E-state index contributed by atoms with van der Waals surface area (Å²) in [6, 6.07) is 2.08. The molecule has 21 heavy (non-hydrogen) atoms. The smallest absolute Gasteiger partial charge is 0.320 e. The van der Waals surface area contributed by atoms with E-state index in [4.69, 9.17) is 0 Å². The van der Waals surface area contributed by atoms with Gasteiger partial charge in [-0.3, -0.25) is 0 Å². The highest BCUT2D eigenvalue weighted by Gasteiger charge is 2.22. The van der Waals surface area contributed by atoms with Crippen molar-refractivity contribution in [1.82, 2.24) is 30.0 Å². The van der Waals surface area contributed by atoms with Crippen LogP contribution in [0.3, 0.4) is 0 Å². The van der Waals surface area contributed by atoms with Crippen molar-refractivity contribution < 1.29 is 13.6 Å². The van der Waals surface area contributed by atoms with Gasteiger partial charge >= 0.3 is 12.1 Å². The first-order chi connectivity index (χ1) is 10.1. The van der Waals surface area contributed by atoms with E-state index in [1.54, 1.807) is 4.90 Å². The standard InChI is InChI=1S/C12H12F2N6O/c13-10-7-8(17-11(14)18-10)9-1-2-16-20(9)12(21)19-5-3-15-4-6-19/h1-2,7,15H,3-6H2. The van der Waals surface area contributed by atoms with E-state index in [9.17, 15) is 13.6 Å². The number of rotatable bonds is 1. The number of carbonyl (C=O) groups excluding carboxylic acids is 1. The average Bonchev–Trinajstić information content (AvgIpc) is 2.96. The SMILES string of the molecule is O=C(N1CCNCC1)n1nccc1-c1cc(F)nc(F)n1. The summed E-state index contributed by atoms with van der Waals surface area (Å²) in [6.07, 6.45) is 0.195. The summed E-state index contributed by atoms with van der Waals surface area (Å²) < 4.78 is 27.4. The van der Waals surface area contributed by atoms with Gasteiger partial charge in [-0.25, -0.2) is 9.78 Å². The maximum absolute atomic E-state index is 13.2. The number of piperazine rings is 1. The molecule has 1 amide bonds. The fourth-order valence-electron chi connectivity index (χ4n) is 2.16. The van der Waals surface area contributed by atoms with Gasteiger partial charge < -0.3 is 10.2 Å². The van der Waals surface area contributed by atoms with Gasteiger partial charge in [0, 0.05) is 32.2 Å². The number of carbonyl (C=O) groups is 1. The summed E-state index contributed by atoms with van der Waals surface area (Å²) in [4.78, 5) is 20.4. The molecule has 9 heteroatoms. The zero-order valence-electron chi connectivity index (χ0n) is 11.0. The van der Waals surface area contributed by atoms with Gasteiger partial charge in [0.1, 0.15) is 0 Å². The second-order valence-corrected chi connectivity index (χ2v) is 4.49. The summed E-state index contributed by atoms with van der Waals surface area (Å²) in [5.41, 5.74) is 0.194. The van der Waals surface area contributed by atoms with Crippen molar-refractivity contribution >= 4 is 6.03 Å². The van der Waals surface area contributed by atoms with Crippen LogP contribution in [0.15, 0.2) is 18.3 Å². The van der Waals surface area contributed by atoms with Crippen LogP contribution in [-0.2, 0) is 0 Å². The van der Waals surface area contributed by atoms with E-state index in [0.717, 1.165) is 10.7 Å². The molecule has 1 aliphatic rings. The summed E-state index contributed by atoms with van der Waals surface area (Å²) in [7, 11) is 0. The molecule has 1 fully saturated rings. The largest absolute Gasteiger partial charge is 0.345 e. The Bertz CT molecular complexity index is 647. The molecule has 3 rings (SSSR count). The summed E-state index contributed by atoms with van der Waals surface area (Å²) in [5.74, 6) is -1.00. The van der Waals surface area contributed by atoms with Crippen molar-refractivity contribution in [3.05, 3.63) is 30.4 Å². The molecule has 0 saturated carbocycles. The number of halogens is 2. The highest BCUT2D eigenvalue weighted by molar-refractivity contribution is 5.81. The lowest BCUT2D eigenvalue weighted by atomic mass is 10.3. The Morgan fingerprint density at radius 1 is 1.24 bits per heavy atom. The van der Waals surface area contributed by atoms with Crippen LogP contribution in [0, 0.1) is 12.0 Å². The molecule has 1 N–H and O–H groups in total. The minimum absolute atomic E-state index is 0.0269. The lowest BCUT2D eigenvalue weighted by Crippen LogP contribution is -2.48. The lowest BCUT2D eigenvalue weighted by Gasteiger charge is -2.27. The Morgan fingerprint density at radius 3 is 2.71 bits per heavy atom. The number of amides is 1. The number of nitrogens with one attached hydrogen (secondary N) is 1. The van der Waals surface area contributed by atoms with Crippen LogP contribution in [0.4, 0.5) is 13.6 Å². The molecule has 2 aromatic rings. The Balaban J connectivity index is 1.94. The summed E-state index contributed by atoms with van der Waals surface area (Å²) in [5, 5.41) is 7.06. The number of hydrogen-bond donors (Lipinski definition) is 1. The van der Waals surface area contributed by atoms with Crippen molar-refractivity contribution in [2.75, 3.05) is 26.2 Å². The van der Waals surface area contributed by atoms with Gasteiger partial charge in [0.25, 0.3) is 0 Å². The molecule has 0 atom stereocenters. The third-order valence-corrected chi connectivity index (χ3v) is 3.14. The van der Waals surface area contributed by atoms with Gasteiger partial charge in [-0.1, -0.05) is 0 Å². The van der Waals surface area contributed by atoms with Gasteiger partial charge in [0.05, 0.1) is 17.6 Å². The Hall–Kier alpha value is -2.42. The first kappa shape index (κ1) is 13.6. The monoisotopic (exact) mass is 294 g/mol. The Labute approximate surface area is 118 Å². The molecule has 1 aliphatic heterocycles. The van der Waals surface area contributed by atoms with Gasteiger partial charge in [-0.05, 0) is 6.07 Å². The first-order valence-corrected chi connectivity index (χ1v) is 6.39. The van der Waals surface area contributed by atoms with Crippen molar-refractivity contribution in [3.8, 4) is 11.4 Å². The maximum Gasteiger partial charge on any atom is 0.345 e. The molecule has 0 spiro atoms. The van der Waals surface area contributed by atoms with Gasteiger partial charge in [0.2, 0.25) is 5.95 Å². The van der Waals surface area contributed by atoms with Crippen molar-refractivity contribution in [1.29, 1.82) is 0 Å². The molecule has 0 aromatic carbocycles. The Morgan fingerprint density at radius 2 is 2.00 bits per heavy atom. The minimum atomic E-state index is -1.19. The van der Waals surface area contributed by atoms with Gasteiger partial charge in [-0.2, -0.15) is 23.5 Å². The molecular formula is C12H12F2N6O. The van der Waals surface area contributed by atoms with Crippen LogP contribution in [0.1, 0.15) is 0 Å². The molecule has 0 radical (unpaired) electrons. The maximum atomic E-state index is 13.2. The quantitative estimate of drug-likeness (QED) is 0.612.